The largest absolute Gasteiger partial charge is 0.379 e. The highest BCUT2D eigenvalue weighted by Gasteiger charge is 2.39. The number of Topliss-reactive ketones (excluding diaryl/α,β-unsaturated/α-hetero) is 10. The molecule has 2 atom stereocenters. The average Bonchev–Trinajstić information content (AvgIpc) is 1.59. The molecular weight excluding hydrogens is 1270 g/mol. The third-order valence-corrected chi connectivity index (χ3v) is 18.3. The van der Waals surface area contributed by atoms with Gasteiger partial charge in [0.2, 0.25) is 40.8 Å². The molecule has 5 aromatic heterocycles. The van der Waals surface area contributed by atoms with E-state index < -0.39 is 57.8 Å². The van der Waals surface area contributed by atoms with Crippen LogP contribution >= 0.6 is 0 Å². The first-order chi connectivity index (χ1) is 48.1. The Labute approximate surface area is 572 Å². The molecule has 0 radical (unpaired) electrons. The van der Waals surface area contributed by atoms with Crippen molar-refractivity contribution in [3.05, 3.63) is 195 Å². The van der Waals surface area contributed by atoms with Crippen molar-refractivity contribution in [2.75, 3.05) is 91.5 Å². The zero-order chi connectivity index (χ0) is 70.5. The number of aromatic nitrogens is 10. The van der Waals surface area contributed by atoms with Gasteiger partial charge in [-0.15, -0.1) is 0 Å². The van der Waals surface area contributed by atoms with Gasteiger partial charge >= 0.3 is 0 Å². The molecule has 5 N–H and O–H groups in total. The van der Waals surface area contributed by atoms with E-state index in [1.54, 1.807) is 71.6 Å². The first kappa shape index (κ1) is 66.9. The molecule has 7 aliphatic rings. The van der Waals surface area contributed by atoms with Crippen LogP contribution < -0.4 is 9.80 Å². The number of carbonyl (C=O) groups is 10. The summed E-state index contributed by atoms with van der Waals surface area (Å²) in [5.74, 6) is -1.52. The number of benzene rings is 5. The van der Waals surface area contributed by atoms with Gasteiger partial charge in [0.05, 0.1) is 31.8 Å². The van der Waals surface area contributed by atoms with Crippen LogP contribution in [0.25, 0.3) is 56.3 Å². The lowest BCUT2D eigenvalue weighted by Crippen LogP contribution is -2.38. The predicted molar refractivity (Wildman–Crippen MR) is 369 cm³/mol. The molecule has 7 heterocycles. The van der Waals surface area contributed by atoms with Gasteiger partial charge < -0.3 is 44.4 Å². The van der Waals surface area contributed by atoms with Crippen molar-refractivity contribution in [2.24, 2.45) is 0 Å². The fourth-order valence-electron chi connectivity index (χ4n) is 12.8. The summed E-state index contributed by atoms with van der Waals surface area (Å²) in [5.41, 5.74) is 10.2. The number of rotatable bonds is 8. The third kappa shape index (κ3) is 12.3. The van der Waals surface area contributed by atoms with E-state index in [2.05, 4.69) is 59.6 Å². The van der Waals surface area contributed by atoms with Crippen LogP contribution in [-0.4, -0.2) is 204 Å². The topological polar surface area (TPSA) is 340 Å². The number of H-pyrrole nitrogens is 5. The van der Waals surface area contributed by atoms with Crippen LogP contribution in [0.2, 0.25) is 0 Å². The summed E-state index contributed by atoms with van der Waals surface area (Å²) in [6.07, 6.45) is 2.27. The Kier molecular flexibility index (Phi) is 18.3. The van der Waals surface area contributed by atoms with Gasteiger partial charge in [0.15, 0.2) is 0 Å². The number of nitrogens with zero attached hydrogens (tertiary/aromatic N) is 10. The molecule has 26 heteroatoms. The number of hydrogen-bond donors (Lipinski definition) is 5. The van der Waals surface area contributed by atoms with Crippen molar-refractivity contribution in [3.8, 4) is 56.3 Å². The van der Waals surface area contributed by atoms with E-state index in [-0.39, 0.29) is 17.8 Å². The lowest BCUT2D eigenvalue weighted by Gasteiger charge is -2.31. The average molecular weight is 1340 g/mol. The monoisotopic (exact) mass is 1340 g/mol. The molecule has 100 heavy (non-hydrogen) atoms. The van der Waals surface area contributed by atoms with Gasteiger partial charge in [-0.25, -0.2) is 24.9 Å². The third-order valence-electron chi connectivity index (χ3n) is 18.3. The van der Waals surface area contributed by atoms with Crippen molar-refractivity contribution in [2.45, 2.75) is 45.3 Å². The maximum atomic E-state index is 12.3. The van der Waals surface area contributed by atoms with Crippen LogP contribution in [0, 0.1) is 0 Å². The smallest absolute Gasteiger partial charge is 0.252 e. The van der Waals surface area contributed by atoms with Crippen LogP contribution in [0.3, 0.4) is 0 Å². The number of fused-ring (bicyclic) bond motifs is 15. The van der Waals surface area contributed by atoms with Gasteiger partial charge in [0, 0.05) is 95.9 Å². The van der Waals surface area contributed by atoms with E-state index in [9.17, 15) is 47.9 Å². The molecule has 2 fully saturated rings. The van der Waals surface area contributed by atoms with Crippen molar-refractivity contribution in [3.63, 3.8) is 0 Å². The summed E-state index contributed by atoms with van der Waals surface area (Å²) < 4.78 is 5.37. The SMILES string of the molecule is CC(c1nc2c([nH]1)C(=O)C(=O)c1ccccc1-2)N(C)C.CC(c1nc2c([nH]1)C(=O)C(=O)c1ccccc1-2)N1CCOCC1.CN(C)Cc1nc2c([nH]1)C(=O)C(=O)c1ccccc1-2.CN(C)c1nc2c([nH]1)C(=O)C(=O)c1ccccc1-2.O=C1C(=O)c2[nH]c(N3CCCC3)nc2-c2ccccc21. The molecule has 5 aromatic carbocycles. The van der Waals surface area contributed by atoms with Crippen molar-refractivity contribution in [1.82, 2.24) is 64.5 Å². The number of morpholine rings is 1. The van der Waals surface area contributed by atoms with Crippen LogP contribution in [-0.2, 0) is 11.3 Å². The molecule has 5 aliphatic carbocycles. The van der Waals surface area contributed by atoms with E-state index in [0.717, 1.165) is 67.1 Å². The highest BCUT2D eigenvalue weighted by Crippen LogP contribution is 2.39. The summed E-state index contributed by atoms with van der Waals surface area (Å²) in [7, 11) is 11.4. The fraction of sp³-hybridized carbons (Fsp3) is 0.257. The van der Waals surface area contributed by atoms with Gasteiger partial charge in [-0.2, -0.15) is 0 Å². The zero-order valence-electron chi connectivity index (χ0n) is 56.0. The molecule has 2 aliphatic heterocycles. The molecule has 0 bridgehead atoms. The van der Waals surface area contributed by atoms with Crippen molar-refractivity contribution >= 4 is 69.7 Å². The maximum Gasteiger partial charge on any atom is 0.252 e. The second kappa shape index (κ2) is 27.3. The van der Waals surface area contributed by atoms with E-state index in [1.165, 1.54) is 0 Å². The minimum absolute atomic E-state index is 0.0377. The van der Waals surface area contributed by atoms with Gasteiger partial charge in [-0.1, -0.05) is 121 Å². The Morgan fingerprint density at radius 3 is 1.13 bits per heavy atom. The standard InChI is InChI=1S/C17H17N3O3.C15H13N3O2.C15H15N3O2.C14H13N3O2.C13H11N3O2/c1-10(20-6-8-23-9-7-20)17-18-13-11-4-2-3-5-12(11)15(21)16(22)14(13)19-17;19-13-10-6-2-1-5-9(10)11-12(14(13)20)17-15(16-11)18-7-3-4-8-18;1-8(18(2)3)15-16-11-9-6-4-5-7-10(9)13(19)14(20)12(11)17-15;1-17(2)7-10-15-11-8-5-3-4-6-9(8)13(18)14(19)12(11)16-10;1-16(2)13-14-9-7-5-3-4-6-8(7)11(17)12(18)10(9)15-13/h2-5,10H,6-9H2,1H3,(H,18,19);1-2,5-6H,3-4,7-8H2,(H,16,17);4-8H,1-3H3,(H,16,17);3-6H,7H2,1-2H3,(H,15,16);3-6H,1-2H3,(H,14,15). The summed E-state index contributed by atoms with van der Waals surface area (Å²) >= 11 is 0. The Balaban J connectivity index is 0.000000112. The minimum atomic E-state index is -0.524. The zero-order valence-corrected chi connectivity index (χ0v) is 56.0. The van der Waals surface area contributed by atoms with E-state index in [1.807, 2.05) is 121 Å². The molecule has 2 saturated heterocycles. The highest BCUT2D eigenvalue weighted by atomic mass is 16.5. The molecule has 0 amide bonds. The normalized spacial score (nSPS) is 15.9. The Bertz CT molecular complexity index is 4920. The van der Waals surface area contributed by atoms with Crippen LogP contribution in [0.4, 0.5) is 11.9 Å². The molecule has 10 aromatic rings. The molecular formula is C74H69N15O11. The summed E-state index contributed by atoms with van der Waals surface area (Å²) in [5, 5.41) is 0. The number of anilines is 2. The number of nitrogens with one attached hydrogen (secondary N) is 5. The van der Waals surface area contributed by atoms with Crippen molar-refractivity contribution < 1.29 is 52.7 Å². The second-order valence-electron chi connectivity index (χ2n) is 25.5. The van der Waals surface area contributed by atoms with Crippen LogP contribution in [0.1, 0.15) is 160 Å². The first-order valence-electron chi connectivity index (χ1n) is 32.6. The number of ketones is 10. The molecule has 0 spiro atoms. The number of imidazole rings is 5. The first-order valence-corrected chi connectivity index (χ1v) is 32.6. The maximum absolute atomic E-state index is 12.3. The Morgan fingerprint density at radius 2 is 0.730 bits per heavy atom. The molecule has 26 nitrogen and oxygen atoms in total. The summed E-state index contributed by atoms with van der Waals surface area (Å²) in [6, 6.07) is 35.6. The fourth-order valence-corrected chi connectivity index (χ4v) is 12.8. The summed E-state index contributed by atoms with van der Waals surface area (Å²) in [6.45, 7) is 9.57. The number of carbonyl (C=O) groups excluding carboxylic acids is 10. The Morgan fingerprint density at radius 1 is 0.390 bits per heavy atom. The predicted octanol–water partition coefficient (Wildman–Crippen LogP) is 9.02. The quantitative estimate of drug-likeness (QED) is 0.0885. The number of aromatic amines is 5. The highest BCUT2D eigenvalue weighted by molar-refractivity contribution is 6.55. The van der Waals surface area contributed by atoms with E-state index in [4.69, 9.17) is 4.74 Å². The molecule has 0 saturated carbocycles. The number of ether oxygens (including phenoxy) is 1. The van der Waals surface area contributed by atoms with Gasteiger partial charge in [0.1, 0.15) is 74.4 Å². The molecule has 506 valence electrons. The van der Waals surface area contributed by atoms with Gasteiger partial charge in [-0.3, -0.25) is 57.7 Å². The molecule has 17 rings (SSSR count). The minimum Gasteiger partial charge on any atom is -0.379 e. The van der Waals surface area contributed by atoms with Crippen LogP contribution in [0.15, 0.2) is 121 Å². The van der Waals surface area contributed by atoms with Gasteiger partial charge in [0.25, 0.3) is 28.9 Å². The van der Waals surface area contributed by atoms with Crippen LogP contribution in [0.5, 0.6) is 0 Å². The second-order valence-corrected chi connectivity index (χ2v) is 25.5. The lowest BCUT2D eigenvalue weighted by atomic mass is 9.90. The van der Waals surface area contributed by atoms with Gasteiger partial charge in [-0.05, 0) is 54.9 Å². The number of hydrogen-bond acceptors (Lipinski definition) is 21. The molecule has 2 unspecified atom stereocenters. The lowest BCUT2D eigenvalue weighted by molar-refractivity contribution is 0.0183. The van der Waals surface area contributed by atoms with E-state index in [0.29, 0.717) is 128 Å². The van der Waals surface area contributed by atoms with E-state index >= 15 is 0 Å². The Hall–Kier alpha value is -11.7. The summed E-state index contributed by atoms with van der Waals surface area (Å²) in [4.78, 5) is 169. The van der Waals surface area contributed by atoms with Crippen molar-refractivity contribution in [1.29, 1.82) is 0 Å².